The Kier molecular flexibility index (Phi) is 73.6. The third kappa shape index (κ3) is 66.5. The topological polar surface area (TPSA) is 507 Å². The maximum Gasteiger partial charge on any atom is 0.415 e. The number of carbonyl (C=O) groups is 7. The minimum atomic E-state index is -0.920. The molecule has 3 heterocycles. The van der Waals surface area contributed by atoms with Crippen LogP contribution in [0.3, 0.4) is 0 Å². The predicted molar refractivity (Wildman–Crippen MR) is 443 cm³/mol. The van der Waals surface area contributed by atoms with Gasteiger partial charge in [-0.2, -0.15) is 0 Å². The van der Waals surface area contributed by atoms with Gasteiger partial charge in [0.25, 0.3) is 0 Å². The van der Waals surface area contributed by atoms with E-state index in [4.69, 9.17) is 157 Å². The molecule has 1 unspecified atom stereocenters. The second-order valence-corrected chi connectivity index (χ2v) is 30.4. The number of ether oxygens (including phenoxy) is 22. The summed E-state index contributed by atoms with van der Waals surface area (Å²) in [7, 11) is 0. The lowest BCUT2D eigenvalue weighted by Gasteiger charge is -2.33. The largest absolute Gasteiger partial charge is 0.458 e. The minimum Gasteiger partial charge on any atom is -0.458 e. The summed E-state index contributed by atoms with van der Waals surface area (Å²) in [5, 5.41) is 44.4. The van der Waals surface area contributed by atoms with Crippen LogP contribution in [-0.4, -0.2) is 399 Å². The second kappa shape index (κ2) is 76.6. The fourth-order valence-electron chi connectivity index (χ4n) is 9.76. The first kappa shape index (κ1) is 116. The van der Waals surface area contributed by atoms with E-state index in [1.54, 1.807) is 86.2 Å². The Hall–Kier alpha value is -4.64. The lowest BCUT2D eigenvalue weighted by molar-refractivity contribution is -0.158. The molecule has 2 aromatic rings. The number of nitrogens with one attached hydrogen (secondary N) is 3. The first-order valence-electron chi connectivity index (χ1n) is 38.6. The van der Waals surface area contributed by atoms with Gasteiger partial charge in [0.1, 0.15) is 49.9 Å². The number of benzene rings is 1. The van der Waals surface area contributed by atoms with Gasteiger partial charge in [0.2, 0.25) is 5.91 Å². The Morgan fingerprint density at radius 1 is 0.504 bits per heavy atom. The molecule has 2 aliphatic heterocycles. The molecule has 2 amide bonds. The van der Waals surface area contributed by atoms with E-state index in [-0.39, 0.29) is 240 Å². The highest BCUT2D eigenvalue weighted by Crippen LogP contribution is 2.33. The number of pyridine rings is 1. The van der Waals surface area contributed by atoms with Crippen molar-refractivity contribution in [3.8, 4) is 5.75 Å². The molecule has 2 aliphatic rings. The van der Waals surface area contributed by atoms with E-state index in [1.807, 2.05) is 13.8 Å². The number of aliphatic hydroxyl groups excluding tert-OH is 4. The molecule has 0 spiro atoms. The smallest absolute Gasteiger partial charge is 0.415 e. The van der Waals surface area contributed by atoms with Crippen LogP contribution in [0, 0.1) is 10.8 Å². The molecule has 10 N–H and O–H groups in total. The summed E-state index contributed by atoms with van der Waals surface area (Å²) in [6, 6.07) is 9.28. The van der Waals surface area contributed by atoms with Crippen molar-refractivity contribution in [2.24, 2.45) is 10.8 Å². The number of aliphatic hydroxyl groups is 4. The molecule has 2 atom stereocenters. The minimum absolute atomic E-state index is 0. The van der Waals surface area contributed by atoms with Gasteiger partial charge in [0.15, 0.2) is 0 Å². The predicted octanol–water partition coefficient (Wildman–Crippen LogP) is 4.40. The Bertz CT molecular complexity index is 2710. The highest BCUT2D eigenvalue weighted by Gasteiger charge is 2.42. The molecule has 702 valence electrons. The molecular formula is C75H127Cl4N5O35S2. The van der Waals surface area contributed by atoms with Crippen LogP contribution in [-0.2, 0) is 115 Å². The number of esters is 1. The van der Waals surface area contributed by atoms with Gasteiger partial charge in [-0.15, -0.1) is 11.8 Å². The van der Waals surface area contributed by atoms with Crippen LogP contribution in [0.1, 0.15) is 40.2 Å². The molecule has 2 fully saturated rings. The van der Waals surface area contributed by atoms with Crippen LogP contribution in [0.4, 0.5) is 24.0 Å². The number of hydrogen-bond donors (Lipinski definition) is 8. The summed E-state index contributed by atoms with van der Waals surface area (Å²) in [5.74, 6) is 0.390. The summed E-state index contributed by atoms with van der Waals surface area (Å²) >= 11 is 22.8. The SMILES string of the molecule is CC(C)(C)OC(=O)[C@H](Cc1ccc(OC(=O)N2CCNCC2)cc1)NC(=O)C1NCSC1(C)C.O.O=C(Cl)OCCOCCOCC(COCCOCCOC(=O)Cl)(COCCOCCOC(=O)Cl)COCCOCCOC(=O)Cl.OCCOCCOCC(COCCOCCO)(COCCOCCO)COCCOCCO.OSc1cccnc1. The van der Waals surface area contributed by atoms with Crippen molar-refractivity contribution in [2.45, 2.75) is 68.4 Å². The van der Waals surface area contributed by atoms with Gasteiger partial charge in [-0.25, -0.2) is 28.8 Å². The van der Waals surface area contributed by atoms with Crippen molar-refractivity contribution in [3.63, 3.8) is 0 Å². The van der Waals surface area contributed by atoms with Crippen LogP contribution >= 0.6 is 70.2 Å². The summed E-state index contributed by atoms with van der Waals surface area (Å²) in [6.45, 7) is 19.5. The third-order valence-electron chi connectivity index (χ3n) is 15.3. The average Bonchev–Trinajstić information content (AvgIpc) is 1.70. The van der Waals surface area contributed by atoms with E-state index in [9.17, 15) is 33.6 Å². The quantitative estimate of drug-likeness (QED) is 0.0149. The lowest BCUT2D eigenvalue weighted by atomic mass is 9.92. The maximum atomic E-state index is 13.0. The van der Waals surface area contributed by atoms with Crippen LogP contribution in [0.25, 0.3) is 0 Å². The number of halogens is 4. The fourth-order valence-corrected chi connectivity index (χ4v) is 11.3. The number of nitrogens with zero attached hydrogens (tertiary/aromatic N) is 2. The third-order valence-corrected chi connectivity index (χ3v) is 17.5. The summed E-state index contributed by atoms with van der Waals surface area (Å²) < 4.78 is 126. The van der Waals surface area contributed by atoms with E-state index in [0.29, 0.717) is 89.6 Å². The summed E-state index contributed by atoms with van der Waals surface area (Å²) in [5.41, 5.74) is -4.97. The Labute approximate surface area is 735 Å². The van der Waals surface area contributed by atoms with Crippen molar-refractivity contribution in [1.82, 2.24) is 25.8 Å². The molecule has 0 saturated carbocycles. The highest BCUT2D eigenvalue weighted by atomic mass is 35.5. The van der Waals surface area contributed by atoms with E-state index >= 15 is 0 Å². The zero-order valence-corrected chi connectivity index (χ0v) is 74.3. The van der Waals surface area contributed by atoms with Crippen molar-refractivity contribution in [3.05, 3.63) is 54.4 Å². The molecule has 4 rings (SSSR count). The Balaban J connectivity index is 0.00000171. The molecular weight excluding hydrogens is 1740 g/mol. The van der Waals surface area contributed by atoms with Crippen molar-refractivity contribution in [1.29, 1.82) is 0 Å². The molecule has 40 nitrogen and oxygen atoms in total. The van der Waals surface area contributed by atoms with Crippen molar-refractivity contribution >= 4 is 110 Å². The van der Waals surface area contributed by atoms with Crippen LogP contribution < -0.4 is 20.7 Å². The average molecular weight is 1860 g/mol. The molecule has 0 aliphatic carbocycles. The number of hydrogen-bond acceptors (Lipinski definition) is 39. The number of rotatable bonds is 67. The summed E-state index contributed by atoms with van der Waals surface area (Å²) in [4.78, 5) is 86.9. The summed E-state index contributed by atoms with van der Waals surface area (Å²) in [6.07, 6.45) is 3.15. The molecule has 0 radical (unpaired) electrons. The van der Waals surface area contributed by atoms with Crippen LogP contribution in [0.2, 0.25) is 0 Å². The van der Waals surface area contributed by atoms with E-state index < -0.39 is 56.2 Å². The van der Waals surface area contributed by atoms with Gasteiger partial charge in [0, 0.05) is 114 Å². The molecule has 121 heavy (non-hydrogen) atoms. The lowest BCUT2D eigenvalue weighted by Crippen LogP contribution is -2.55. The van der Waals surface area contributed by atoms with E-state index in [2.05, 4.69) is 39.9 Å². The van der Waals surface area contributed by atoms with Crippen molar-refractivity contribution in [2.75, 3.05) is 296 Å². The fraction of sp³-hybridized carbons (Fsp3) is 0.760. The van der Waals surface area contributed by atoms with E-state index in [1.165, 1.54) is 0 Å². The van der Waals surface area contributed by atoms with Gasteiger partial charge in [-0.3, -0.25) is 15.1 Å². The monoisotopic (exact) mass is 1860 g/mol. The first-order chi connectivity index (χ1) is 57.8. The second-order valence-electron chi connectivity index (χ2n) is 26.9. The normalized spacial score (nSPS) is 14.0. The van der Waals surface area contributed by atoms with Crippen LogP contribution in [0.15, 0.2) is 53.7 Å². The Morgan fingerprint density at radius 2 is 0.826 bits per heavy atom. The molecule has 0 bridgehead atoms. The van der Waals surface area contributed by atoms with Gasteiger partial charge in [-0.05, 0) is 64.4 Å². The highest BCUT2D eigenvalue weighted by molar-refractivity contribution is 8.00. The van der Waals surface area contributed by atoms with Gasteiger partial charge in [0.05, 0.1) is 254 Å². The van der Waals surface area contributed by atoms with Gasteiger partial charge < -0.3 is 150 Å². The number of thioether (sulfide) groups is 1. The number of amides is 2. The molecule has 1 aromatic heterocycles. The zero-order valence-electron chi connectivity index (χ0n) is 69.6. The van der Waals surface area contributed by atoms with Gasteiger partial charge in [-0.1, -0.05) is 12.1 Å². The molecule has 2 saturated heterocycles. The number of aromatic nitrogens is 1. The first-order valence-corrected chi connectivity index (χ1v) is 41.9. The molecule has 46 heteroatoms. The van der Waals surface area contributed by atoms with E-state index in [0.717, 1.165) is 23.5 Å². The number of carbonyl (C=O) groups excluding carboxylic acids is 7. The van der Waals surface area contributed by atoms with Crippen LogP contribution in [0.5, 0.6) is 5.75 Å². The Morgan fingerprint density at radius 3 is 1.10 bits per heavy atom. The van der Waals surface area contributed by atoms with Gasteiger partial charge >= 0.3 is 33.8 Å². The standard InChI is InChI=1S/C25H40Cl4O16.C24H36N4O5S.C21H44O12.C5H5NOS.H2O/c26-21(30)42-13-9-34-1-5-38-17-25(18-39-6-2-35-10-14-43-22(27)31,19-40-7-3-36-11-15-44-23(28)32)20-41-8-4-37-12-16-45-24(29)33;1-23(2,3)33-21(30)18(27-20(29)19-24(4,5)34-15-26-19)14-16-6-8-17(9-7-16)32-22(31)28-12-10-25-11-13-28;22-1-5-26-9-13-30-17-21(18-31-14-10-27-6-2-23,19-32-15-11-28-7-3-24)20-33-16-12-29-8-4-25;7-8-5-2-1-3-6-4-5;/h1-20H2;6-9,18-19,25-26H,10-15H2,1-5H3,(H,27,29);22-25H,1-20H2;1-4,7H;1H2/t;18-,19?;;;/m.0.../s1. The number of piperazine rings is 1. The van der Waals surface area contributed by atoms with Crippen molar-refractivity contribution < 1.29 is 168 Å². The zero-order chi connectivity index (χ0) is 88.5. The molecule has 1 aromatic carbocycles. The maximum absolute atomic E-state index is 13.0.